The van der Waals surface area contributed by atoms with E-state index in [1.54, 1.807) is 12.4 Å². The predicted molar refractivity (Wildman–Crippen MR) is 116 cm³/mol. The van der Waals surface area contributed by atoms with Crippen molar-refractivity contribution < 1.29 is 9.90 Å². The lowest BCUT2D eigenvalue weighted by atomic mass is 9.92. The van der Waals surface area contributed by atoms with Gasteiger partial charge in [-0.25, -0.2) is 4.68 Å². The number of hydrogen-bond donors (Lipinski definition) is 2. The number of carbonyl (C=O) groups is 1. The highest BCUT2D eigenvalue weighted by molar-refractivity contribution is 5.92. The van der Waals surface area contributed by atoms with Crippen molar-refractivity contribution in [2.45, 2.75) is 57.6 Å². The van der Waals surface area contributed by atoms with Crippen molar-refractivity contribution in [3.63, 3.8) is 0 Å². The number of rotatable bonds is 6. The van der Waals surface area contributed by atoms with Crippen LogP contribution in [0.1, 0.15) is 59.8 Å². The summed E-state index contributed by atoms with van der Waals surface area (Å²) in [7, 11) is 0. The molecule has 1 aliphatic carbocycles. The third-order valence-electron chi connectivity index (χ3n) is 5.84. The highest BCUT2D eigenvalue weighted by Gasteiger charge is 2.25. The molecule has 4 rings (SSSR count). The highest BCUT2D eigenvalue weighted by Crippen LogP contribution is 2.20. The van der Waals surface area contributed by atoms with E-state index in [4.69, 9.17) is 0 Å². The Morgan fingerprint density at radius 3 is 2.70 bits per heavy atom. The van der Waals surface area contributed by atoms with Crippen molar-refractivity contribution in [1.82, 2.24) is 20.1 Å². The molecule has 2 N–H and O–H groups in total. The number of amides is 1. The van der Waals surface area contributed by atoms with E-state index in [9.17, 15) is 9.90 Å². The van der Waals surface area contributed by atoms with E-state index in [0.717, 1.165) is 55.3 Å². The molecule has 0 spiro atoms. The van der Waals surface area contributed by atoms with E-state index in [1.807, 2.05) is 35.1 Å². The van der Waals surface area contributed by atoms with Gasteiger partial charge in [-0.2, -0.15) is 5.10 Å². The van der Waals surface area contributed by atoms with Crippen LogP contribution in [-0.2, 0) is 12.8 Å². The second-order valence-corrected chi connectivity index (χ2v) is 7.92. The Morgan fingerprint density at radius 2 is 2.00 bits per heavy atom. The molecule has 1 aliphatic rings. The molecule has 1 fully saturated rings. The van der Waals surface area contributed by atoms with Gasteiger partial charge in [0.15, 0.2) is 0 Å². The van der Waals surface area contributed by atoms with Crippen LogP contribution in [0, 0.1) is 0 Å². The number of aliphatic hydroxyl groups excluding tert-OH is 1. The maximum atomic E-state index is 12.7. The average Bonchev–Trinajstić information content (AvgIpc) is 3.31. The Balaban J connectivity index is 1.50. The molecule has 1 amide bonds. The Kier molecular flexibility index (Phi) is 6.23. The maximum Gasteiger partial charge on any atom is 0.270 e. The largest absolute Gasteiger partial charge is 0.391 e. The van der Waals surface area contributed by atoms with Crippen LogP contribution >= 0.6 is 0 Å². The van der Waals surface area contributed by atoms with Crippen LogP contribution in [0.15, 0.2) is 55.0 Å². The minimum absolute atomic E-state index is 0.183. The smallest absolute Gasteiger partial charge is 0.270 e. The number of nitrogens with zero attached hydrogens (tertiary/aromatic N) is 3. The lowest BCUT2D eigenvalue weighted by Crippen LogP contribution is -2.45. The van der Waals surface area contributed by atoms with Crippen LogP contribution < -0.4 is 5.32 Å². The van der Waals surface area contributed by atoms with Crippen LogP contribution in [0.2, 0.25) is 0 Å². The first-order valence-electron chi connectivity index (χ1n) is 10.7. The van der Waals surface area contributed by atoms with Crippen molar-refractivity contribution in [3.05, 3.63) is 77.4 Å². The van der Waals surface area contributed by atoms with E-state index >= 15 is 0 Å². The maximum absolute atomic E-state index is 12.7. The Hall–Kier alpha value is -2.99. The molecule has 2 atom stereocenters. The van der Waals surface area contributed by atoms with Crippen LogP contribution in [-0.4, -0.2) is 37.9 Å². The van der Waals surface area contributed by atoms with Crippen molar-refractivity contribution in [2.75, 3.05) is 0 Å². The van der Waals surface area contributed by atoms with Gasteiger partial charge in [0.2, 0.25) is 0 Å². The van der Waals surface area contributed by atoms with E-state index in [2.05, 4.69) is 34.5 Å². The molecule has 0 bridgehead atoms. The fraction of sp³-hybridized carbons (Fsp3) is 0.375. The van der Waals surface area contributed by atoms with E-state index < -0.39 is 6.10 Å². The lowest BCUT2D eigenvalue weighted by molar-refractivity contribution is 0.0713. The van der Waals surface area contributed by atoms with Crippen molar-refractivity contribution in [2.24, 2.45) is 0 Å². The van der Waals surface area contributed by atoms with Crippen molar-refractivity contribution in [3.8, 4) is 5.69 Å². The van der Waals surface area contributed by atoms with E-state index in [0.29, 0.717) is 5.69 Å². The van der Waals surface area contributed by atoms with Crippen LogP contribution in [0.5, 0.6) is 0 Å². The van der Waals surface area contributed by atoms with Gasteiger partial charge in [0, 0.05) is 18.6 Å². The number of hydrogen-bond acceptors (Lipinski definition) is 4. The third-order valence-corrected chi connectivity index (χ3v) is 5.84. The molecular formula is C24H28N4O2. The molecule has 6 heteroatoms. The Bertz CT molecular complexity index is 983. The highest BCUT2D eigenvalue weighted by atomic mass is 16.3. The number of aliphatic hydroxyl groups is 1. The zero-order chi connectivity index (χ0) is 20.9. The van der Waals surface area contributed by atoms with Gasteiger partial charge in [-0.05, 0) is 66.6 Å². The number of aromatic nitrogens is 3. The number of benzene rings is 1. The second kappa shape index (κ2) is 9.22. The van der Waals surface area contributed by atoms with Crippen LogP contribution in [0.3, 0.4) is 0 Å². The summed E-state index contributed by atoms with van der Waals surface area (Å²) in [6.45, 7) is 2.10. The average molecular weight is 405 g/mol. The minimum Gasteiger partial charge on any atom is -0.391 e. The molecule has 30 heavy (non-hydrogen) atoms. The molecule has 6 nitrogen and oxygen atoms in total. The van der Waals surface area contributed by atoms with Crippen molar-refractivity contribution >= 4 is 5.91 Å². The first kappa shape index (κ1) is 20.3. The first-order valence-corrected chi connectivity index (χ1v) is 10.7. The van der Waals surface area contributed by atoms with Gasteiger partial charge >= 0.3 is 0 Å². The third kappa shape index (κ3) is 4.60. The van der Waals surface area contributed by atoms with Gasteiger partial charge in [0.1, 0.15) is 5.69 Å². The molecule has 2 heterocycles. The topological polar surface area (TPSA) is 80.0 Å². The van der Waals surface area contributed by atoms with Crippen LogP contribution in [0.4, 0.5) is 0 Å². The lowest BCUT2D eigenvalue weighted by Gasteiger charge is -2.28. The quantitative estimate of drug-likeness (QED) is 0.659. The van der Waals surface area contributed by atoms with Gasteiger partial charge in [-0.1, -0.05) is 31.9 Å². The van der Waals surface area contributed by atoms with Crippen LogP contribution in [0.25, 0.3) is 5.69 Å². The molecule has 1 saturated carbocycles. The summed E-state index contributed by atoms with van der Waals surface area (Å²) >= 11 is 0. The predicted octanol–water partition coefficient (Wildman–Crippen LogP) is 3.45. The zero-order valence-corrected chi connectivity index (χ0v) is 17.3. The second-order valence-electron chi connectivity index (χ2n) is 7.92. The monoisotopic (exact) mass is 404 g/mol. The molecular weight excluding hydrogens is 376 g/mol. The van der Waals surface area contributed by atoms with E-state index in [1.165, 1.54) is 5.56 Å². The fourth-order valence-electron chi connectivity index (χ4n) is 4.06. The van der Waals surface area contributed by atoms with E-state index in [-0.39, 0.29) is 11.9 Å². The molecule has 0 aliphatic heterocycles. The summed E-state index contributed by atoms with van der Waals surface area (Å²) in [6, 6.07) is 11.9. The summed E-state index contributed by atoms with van der Waals surface area (Å²) < 4.78 is 1.83. The summed E-state index contributed by atoms with van der Waals surface area (Å²) in [5, 5.41) is 17.4. The minimum atomic E-state index is -0.467. The normalized spacial score (nSPS) is 18.9. The molecule has 0 unspecified atom stereocenters. The van der Waals surface area contributed by atoms with Gasteiger partial charge < -0.3 is 10.4 Å². The van der Waals surface area contributed by atoms with Gasteiger partial charge in [0.25, 0.3) is 5.91 Å². The Morgan fingerprint density at radius 1 is 1.20 bits per heavy atom. The number of aryl methyl sites for hydroxylation is 1. The SMILES string of the molecule is CCc1cnc(C(=O)N[C@H]2CCCC[C@@H]2O)cc1Cc1ccc(-n2cccn2)cc1. The number of nitrogens with one attached hydrogen (secondary N) is 1. The molecule has 0 saturated heterocycles. The summed E-state index contributed by atoms with van der Waals surface area (Å²) in [4.78, 5) is 17.1. The first-order chi connectivity index (χ1) is 14.6. The number of carbonyl (C=O) groups excluding carboxylic acids is 1. The number of pyridine rings is 1. The standard InChI is InChI=1S/C24H28N4O2/c1-2-18-16-25-22(24(30)27-21-6-3-4-7-23(21)29)15-19(18)14-17-8-10-20(11-9-17)28-13-5-12-26-28/h5,8-13,15-16,21,23,29H,2-4,6-7,14H2,1H3,(H,27,30)/t21-,23-/m0/s1. The summed E-state index contributed by atoms with van der Waals surface area (Å²) in [6.07, 6.45) is 10.2. The summed E-state index contributed by atoms with van der Waals surface area (Å²) in [5.41, 5.74) is 4.84. The zero-order valence-electron chi connectivity index (χ0n) is 17.3. The molecule has 2 aromatic heterocycles. The molecule has 1 aromatic carbocycles. The molecule has 0 radical (unpaired) electrons. The summed E-state index contributed by atoms with van der Waals surface area (Å²) in [5.74, 6) is -0.209. The molecule has 3 aromatic rings. The van der Waals surface area contributed by atoms with Gasteiger partial charge in [-0.15, -0.1) is 0 Å². The fourth-order valence-corrected chi connectivity index (χ4v) is 4.06. The van der Waals surface area contributed by atoms with Gasteiger partial charge in [-0.3, -0.25) is 9.78 Å². The van der Waals surface area contributed by atoms with Gasteiger partial charge in [0.05, 0.1) is 17.8 Å². The Labute approximate surface area is 177 Å². The molecule has 156 valence electrons. The van der Waals surface area contributed by atoms with Crippen molar-refractivity contribution in [1.29, 1.82) is 0 Å².